The maximum atomic E-state index is 9.01. The highest BCUT2D eigenvalue weighted by Gasteiger charge is 2.33. The molecule has 3 aliphatic rings. The third kappa shape index (κ3) is 1.63. The highest BCUT2D eigenvalue weighted by molar-refractivity contribution is 5.87. The average Bonchev–Trinajstić information content (AvgIpc) is 3.13. The van der Waals surface area contributed by atoms with Crippen LogP contribution in [-0.2, 0) is 0 Å². The molecule has 3 heterocycles. The van der Waals surface area contributed by atoms with E-state index in [4.69, 9.17) is 5.26 Å². The second kappa shape index (κ2) is 4.39. The summed E-state index contributed by atoms with van der Waals surface area (Å²) in [5.74, 6) is 1.63. The van der Waals surface area contributed by atoms with E-state index in [0.29, 0.717) is 5.92 Å². The first kappa shape index (κ1) is 11.6. The molecule has 0 spiro atoms. The zero-order valence-corrected chi connectivity index (χ0v) is 11.1. The predicted octanol–water partition coefficient (Wildman–Crippen LogP) is 2.01. The van der Waals surface area contributed by atoms with E-state index in [-0.39, 0.29) is 5.92 Å². The minimum atomic E-state index is 0.234. The number of aliphatic imine (C=N–C) groups is 1. The number of allylic oxidation sites excluding steroid dienone is 1. The van der Waals surface area contributed by atoms with Gasteiger partial charge in [0.25, 0.3) is 0 Å². The molecular formula is C14H16N6. The zero-order valence-electron chi connectivity index (χ0n) is 11.1. The molecule has 0 unspecified atom stereocenters. The number of nitriles is 1. The Bertz CT molecular complexity index is 626. The molecule has 0 saturated heterocycles. The van der Waals surface area contributed by atoms with Crippen molar-refractivity contribution in [3.63, 3.8) is 0 Å². The van der Waals surface area contributed by atoms with Crippen LogP contribution in [0.15, 0.2) is 23.0 Å². The molecule has 0 radical (unpaired) electrons. The quantitative estimate of drug-likeness (QED) is 0.728. The normalized spacial score (nSPS) is 27.9. The number of hydrazine groups is 2. The number of nitrogens with one attached hydrogen (secondary N) is 3. The molecule has 6 nitrogen and oxygen atoms in total. The first-order chi connectivity index (χ1) is 9.86. The summed E-state index contributed by atoms with van der Waals surface area (Å²) in [5, 5.41) is 10.9. The number of fused-ring (bicyclic) bond motifs is 3. The van der Waals surface area contributed by atoms with Crippen molar-refractivity contribution < 1.29 is 0 Å². The molecule has 102 valence electrons. The van der Waals surface area contributed by atoms with Gasteiger partial charge in [-0.15, -0.1) is 5.53 Å². The molecule has 4 rings (SSSR count). The molecule has 1 aliphatic carbocycles. The van der Waals surface area contributed by atoms with Crippen molar-refractivity contribution in [3.05, 3.63) is 23.5 Å². The van der Waals surface area contributed by atoms with Gasteiger partial charge in [0.1, 0.15) is 12.2 Å². The number of hydrogen-bond donors (Lipinski definition) is 3. The summed E-state index contributed by atoms with van der Waals surface area (Å²) in [5.41, 5.74) is 9.96. The molecule has 0 amide bonds. The van der Waals surface area contributed by atoms with Crippen LogP contribution in [0.25, 0.3) is 5.70 Å². The SMILES string of the molecule is N#C[C@H]1CC[C@H](C2=C3c4cc[nH]c4N=CN3NN2)CC1. The fraction of sp³-hybridized carbons (Fsp3) is 0.429. The molecule has 1 fully saturated rings. The Morgan fingerprint density at radius 2 is 2.15 bits per heavy atom. The summed E-state index contributed by atoms with van der Waals surface area (Å²) in [4.78, 5) is 7.52. The van der Waals surface area contributed by atoms with Gasteiger partial charge in [-0.05, 0) is 31.7 Å². The van der Waals surface area contributed by atoms with Crippen molar-refractivity contribution in [2.75, 3.05) is 0 Å². The summed E-state index contributed by atoms with van der Waals surface area (Å²) in [6.07, 6.45) is 7.82. The molecule has 20 heavy (non-hydrogen) atoms. The van der Waals surface area contributed by atoms with Crippen LogP contribution in [0.2, 0.25) is 0 Å². The summed E-state index contributed by atoms with van der Waals surface area (Å²) >= 11 is 0. The fourth-order valence-corrected chi connectivity index (χ4v) is 3.31. The van der Waals surface area contributed by atoms with Crippen LogP contribution in [0.3, 0.4) is 0 Å². The molecule has 1 aromatic rings. The average molecular weight is 268 g/mol. The van der Waals surface area contributed by atoms with Gasteiger partial charge in [0.2, 0.25) is 0 Å². The van der Waals surface area contributed by atoms with E-state index >= 15 is 0 Å². The Hall–Kier alpha value is -2.26. The highest BCUT2D eigenvalue weighted by Crippen LogP contribution is 2.40. The molecular weight excluding hydrogens is 252 g/mol. The Kier molecular flexibility index (Phi) is 2.54. The van der Waals surface area contributed by atoms with Crippen LogP contribution in [0.1, 0.15) is 31.2 Å². The molecule has 0 atom stereocenters. The number of rotatable bonds is 1. The number of H-pyrrole nitrogens is 1. The predicted molar refractivity (Wildman–Crippen MR) is 75.0 cm³/mol. The standard InChI is InChI=1S/C14H16N6/c15-7-9-1-3-10(4-2-9)12-13-11-5-6-16-14(11)17-8-20(13)19-18-12/h5-6,8-10,16,18-19H,1-4H2/t9-,10-. The lowest BCUT2D eigenvalue weighted by Crippen LogP contribution is -2.38. The van der Waals surface area contributed by atoms with E-state index in [1.807, 2.05) is 11.2 Å². The lowest BCUT2D eigenvalue weighted by atomic mass is 9.80. The van der Waals surface area contributed by atoms with Crippen LogP contribution < -0.4 is 11.0 Å². The van der Waals surface area contributed by atoms with Gasteiger partial charge >= 0.3 is 0 Å². The zero-order chi connectivity index (χ0) is 13.5. The van der Waals surface area contributed by atoms with Crippen molar-refractivity contribution in [1.82, 2.24) is 21.0 Å². The molecule has 3 N–H and O–H groups in total. The van der Waals surface area contributed by atoms with Gasteiger partial charge < -0.3 is 10.4 Å². The number of aromatic nitrogens is 1. The topological polar surface area (TPSA) is 79.2 Å². The van der Waals surface area contributed by atoms with Crippen LogP contribution >= 0.6 is 0 Å². The third-order valence-corrected chi connectivity index (χ3v) is 4.41. The maximum Gasteiger partial charge on any atom is 0.141 e. The minimum Gasteiger partial charge on any atom is -0.346 e. The Morgan fingerprint density at radius 3 is 2.95 bits per heavy atom. The van der Waals surface area contributed by atoms with Crippen molar-refractivity contribution in [1.29, 1.82) is 5.26 Å². The number of aromatic amines is 1. The van der Waals surface area contributed by atoms with Gasteiger partial charge in [0.05, 0.1) is 17.5 Å². The summed E-state index contributed by atoms with van der Waals surface area (Å²) in [6.45, 7) is 0. The molecule has 6 heteroatoms. The maximum absolute atomic E-state index is 9.01. The van der Waals surface area contributed by atoms with Crippen LogP contribution in [-0.4, -0.2) is 16.3 Å². The van der Waals surface area contributed by atoms with E-state index in [1.54, 1.807) is 6.34 Å². The van der Waals surface area contributed by atoms with Crippen molar-refractivity contribution in [3.8, 4) is 6.07 Å². The van der Waals surface area contributed by atoms with Gasteiger partial charge in [0.15, 0.2) is 0 Å². The lowest BCUT2D eigenvalue weighted by molar-refractivity contribution is 0.330. The Balaban J connectivity index is 1.67. The molecule has 2 aliphatic heterocycles. The monoisotopic (exact) mass is 268 g/mol. The summed E-state index contributed by atoms with van der Waals surface area (Å²) in [7, 11) is 0. The van der Waals surface area contributed by atoms with Crippen molar-refractivity contribution in [2.45, 2.75) is 25.7 Å². The fourth-order valence-electron chi connectivity index (χ4n) is 3.31. The second-order valence-electron chi connectivity index (χ2n) is 5.53. The first-order valence-electron chi connectivity index (χ1n) is 7.03. The van der Waals surface area contributed by atoms with E-state index in [2.05, 4.69) is 33.1 Å². The third-order valence-electron chi connectivity index (χ3n) is 4.41. The van der Waals surface area contributed by atoms with Crippen LogP contribution in [0, 0.1) is 23.2 Å². The van der Waals surface area contributed by atoms with Crippen molar-refractivity contribution >= 4 is 17.9 Å². The summed E-state index contributed by atoms with van der Waals surface area (Å²) in [6, 6.07) is 4.45. The minimum absolute atomic E-state index is 0.234. The van der Waals surface area contributed by atoms with Gasteiger partial charge in [-0.3, -0.25) is 0 Å². The largest absolute Gasteiger partial charge is 0.346 e. The Morgan fingerprint density at radius 1 is 1.30 bits per heavy atom. The Labute approximate surface area is 117 Å². The smallest absolute Gasteiger partial charge is 0.141 e. The van der Waals surface area contributed by atoms with Gasteiger partial charge in [-0.2, -0.15) is 5.26 Å². The van der Waals surface area contributed by atoms with Gasteiger partial charge in [-0.1, -0.05) is 0 Å². The van der Waals surface area contributed by atoms with E-state index in [0.717, 1.165) is 42.8 Å². The van der Waals surface area contributed by atoms with E-state index < -0.39 is 0 Å². The second-order valence-corrected chi connectivity index (χ2v) is 5.53. The first-order valence-corrected chi connectivity index (χ1v) is 7.03. The number of hydrogen-bond acceptors (Lipinski definition) is 5. The van der Waals surface area contributed by atoms with Crippen LogP contribution in [0.5, 0.6) is 0 Å². The molecule has 0 bridgehead atoms. The summed E-state index contributed by atoms with van der Waals surface area (Å²) < 4.78 is 0. The van der Waals surface area contributed by atoms with Crippen molar-refractivity contribution in [2.24, 2.45) is 16.8 Å². The van der Waals surface area contributed by atoms with Gasteiger partial charge in [0, 0.05) is 23.6 Å². The molecule has 0 aromatic carbocycles. The van der Waals surface area contributed by atoms with Gasteiger partial charge in [-0.25, -0.2) is 10.0 Å². The molecule has 1 aromatic heterocycles. The number of nitrogens with zero attached hydrogens (tertiary/aromatic N) is 3. The van der Waals surface area contributed by atoms with E-state index in [1.165, 1.54) is 5.70 Å². The highest BCUT2D eigenvalue weighted by atomic mass is 15.7. The van der Waals surface area contributed by atoms with E-state index in [9.17, 15) is 0 Å². The molecule has 1 saturated carbocycles. The lowest BCUT2D eigenvalue weighted by Gasteiger charge is -2.26. The van der Waals surface area contributed by atoms with Crippen LogP contribution in [0.4, 0.5) is 5.82 Å².